The average molecular weight is 336 g/mol. The van der Waals surface area contributed by atoms with E-state index in [1.807, 2.05) is 18.2 Å². The summed E-state index contributed by atoms with van der Waals surface area (Å²) < 4.78 is 1.05. The van der Waals surface area contributed by atoms with Gasteiger partial charge in [0, 0.05) is 49.7 Å². The van der Waals surface area contributed by atoms with Crippen LogP contribution in [0.4, 0.5) is 0 Å². The maximum Gasteiger partial charge on any atom is 0.223 e. The SMILES string of the molecule is CN(C)C(=O)CCNCc1ccc(Br)c2cccnc12. The first-order chi connectivity index (χ1) is 9.59. The Labute approximate surface area is 127 Å². The first-order valence-corrected chi connectivity index (χ1v) is 7.32. The molecule has 5 heteroatoms. The minimum atomic E-state index is 0.135. The average Bonchev–Trinajstić information content (AvgIpc) is 2.45. The van der Waals surface area contributed by atoms with Gasteiger partial charge in [0.05, 0.1) is 5.52 Å². The molecule has 1 N–H and O–H groups in total. The van der Waals surface area contributed by atoms with Crippen molar-refractivity contribution in [1.82, 2.24) is 15.2 Å². The van der Waals surface area contributed by atoms with E-state index in [0.29, 0.717) is 19.5 Å². The summed E-state index contributed by atoms with van der Waals surface area (Å²) in [4.78, 5) is 17.5. The molecule has 1 aromatic carbocycles. The highest BCUT2D eigenvalue weighted by atomic mass is 79.9. The number of pyridine rings is 1. The zero-order valence-electron chi connectivity index (χ0n) is 11.7. The minimum absolute atomic E-state index is 0.135. The summed E-state index contributed by atoms with van der Waals surface area (Å²) in [6, 6.07) is 8.07. The van der Waals surface area contributed by atoms with Crippen molar-refractivity contribution in [1.29, 1.82) is 0 Å². The van der Waals surface area contributed by atoms with E-state index in [-0.39, 0.29) is 5.91 Å². The third-order valence-electron chi connectivity index (χ3n) is 3.13. The number of nitrogens with one attached hydrogen (secondary N) is 1. The molecule has 20 heavy (non-hydrogen) atoms. The Morgan fingerprint density at radius 3 is 2.90 bits per heavy atom. The van der Waals surface area contributed by atoms with Crippen molar-refractivity contribution >= 4 is 32.7 Å². The highest BCUT2D eigenvalue weighted by Crippen LogP contribution is 2.24. The number of fused-ring (bicyclic) bond motifs is 1. The molecule has 0 unspecified atom stereocenters. The number of benzene rings is 1. The van der Waals surface area contributed by atoms with Crippen LogP contribution in [-0.4, -0.2) is 36.4 Å². The van der Waals surface area contributed by atoms with E-state index in [1.165, 1.54) is 0 Å². The number of aromatic nitrogens is 1. The maximum absolute atomic E-state index is 11.5. The standard InChI is InChI=1S/C15H18BrN3O/c1-19(2)14(20)7-9-17-10-11-5-6-13(16)12-4-3-8-18-15(11)12/h3-6,8,17H,7,9-10H2,1-2H3. The normalized spacial score (nSPS) is 10.8. The van der Waals surface area contributed by atoms with Crippen LogP contribution in [0, 0.1) is 0 Å². The van der Waals surface area contributed by atoms with Gasteiger partial charge in [-0.05, 0) is 17.7 Å². The van der Waals surface area contributed by atoms with Crippen LogP contribution < -0.4 is 5.32 Å². The van der Waals surface area contributed by atoms with Crippen molar-refractivity contribution in [3.8, 4) is 0 Å². The summed E-state index contributed by atoms with van der Waals surface area (Å²) in [6.45, 7) is 1.38. The lowest BCUT2D eigenvalue weighted by Crippen LogP contribution is -2.26. The summed E-state index contributed by atoms with van der Waals surface area (Å²) in [7, 11) is 3.54. The van der Waals surface area contributed by atoms with Gasteiger partial charge in [-0.3, -0.25) is 9.78 Å². The van der Waals surface area contributed by atoms with Gasteiger partial charge in [-0.25, -0.2) is 0 Å². The van der Waals surface area contributed by atoms with Crippen LogP contribution >= 0.6 is 15.9 Å². The van der Waals surface area contributed by atoms with Gasteiger partial charge in [-0.1, -0.05) is 28.1 Å². The van der Waals surface area contributed by atoms with E-state index >= 15 is 0 Å². The summed E-state index contributed by atoms with van der Waals surface area (Å²) in [5.74, 6) is 0.135. The number of hydrogen-bond acceptors (Lipinski definition) is 3. The summed E-state index contributed by atoms with van der Waals surface area (Å²) >= 11 is 3.54. The molecule has 0 aliphatic heterocycles. The Kier molecular flexibility index (Phi) is 5.09. The van der Waals surface area contributed by atoms with Gasteiger partial charge >= 0.3 is 0 Å². The van der Waals surface area contributed by atoms with Crippen molar-refractivity contribution in [2.75, 3.05) is 20.6 Å². The van der Waals surface area contributed by atoms with Crippen molar-refractivity contribution in [2.45, 2.75) is 13.0 Å². The number of hydrogen-bond donors (Lipinski definition) is 1. The smallest absolute Gasteiger partial charge is 0.223 e. The Bertz CT molecular complexity index is 613. The van der Waals surface area contributed by atoms with Gasteiger partial charge in [0.15, 0.2) is 0 Å². The minimum Gasteiger partial charge on any atom is -0.349 e. The Hall–Kier alpha value is -1.46. The molecule has 106 valence electrons. The van der Waals surface area contributed by atoms with Crippen molar-refractivity contribution in [3.63, 3.8) is 0 Å². The van der Waals surface area contributed by atoms with Gasteiger partial charge < -0.3 is 10.2 Å². The molecule has 1 amide bonds. The van der Waals surface area contributed by atoms with E-state index in [9.17, 15) is 4.79 Å². The number of carbonyl (C=O) groups is 1. The van der Waals surface area contributed by atoms with Crippen molar-refractivity contribution in [3.05, 3.63) is 40.5 Å². The van der Waals surface area contributed by atoms with Crippen LogP contribution in [0.2, 0.25) is 0 Å². The second kappa shape index (κ2) is 6.81. The zero-order valence-corrected chi connectivity index (χ0v) is 13.3. The second-order valence-electron chi connectivity index (χ2n) is 4.82. The van der Waals surface area contributed by atoms with Crippen LogP contribution in [0.1, 0.15) is 12.0 Å². The number of halogens is 1. The fourth-order valence-electron chi connectivity index (χ4n) is 1.98. The third-order valence-corrected chi connectivity index (χ3v) is 3.82. The molecule has 0 fully saturated rings. The highest BCUT2D eigenvalue weighted by Gasteiger charge is 2.06. The van der Waals surface area contributed by atoms with E-state index in [0.717, 1.165) is 20.9 Å². The summed E-state index contributed by atoms with van der Waals surface area (Å²) in [5, 5.41) is 4.40. The summed E-state index contributed by atoms with van der Waals surface area (Å²) in [5.41, 5.74) is 2.13. The second-order valence-corrected chi connectivity index (χ2v) is 5.68. The highest BCUT2D eigenvalue weighted by molar-refractivity contribution is 9.10. The number of rotatable bonds is 5. The zero-order chi connectivity index (χ0) is 14.5. The lowest BCUT2D eigenvalue weighted by atomic mass is 10.1. The molecule has 2 rings (SSSR count). The quantitative estimate of drug-likeness (QED) is 0.854. The Balaban J connectivity index is 2.00. The van der Waals surface area contributed by atoms with E-state index < -0.39 is 0 Å². The van der Waals surface area contributed by atoms with Gasteiger partial charge in [0.25, 0.3) is 0 Å². The molecular weight excluding hydrogens is 318 g/mol. The molecule has 0 saturated heterocycles. The fourth-order valence-corrected chi connectivity index (χ4v) is 2.43. The molecule has 1 aromatic heterocycles. The first-order valence-electron chi connectivity index (χ1n) is 6.52. The van der Waals surface area contributed by atoms with Crippen LogP contribution in [0.15, 0.2) is 34.9 Å². The molecule has 0 aliphatic carbocycles. The Morgan fingerprint density at radius 2 is 2.15 bits per heavy atom. The summed E-state index contributed by atoms with van der Waals surface area (Å²) in [6.07, 6.45) is 2.31. The van der Waals surface area contributed by atoms with Crippen LogP contribution in [0.25, 0.3) is 10.9 Å². The number of carbonyl (C=O) groups excluding carboxylic acids is 1. The molecule has 0 aliphatic rings. The fraction of sp³-hybridized carbons (Fsp3) is 0.333. The molecule has 0 saturated carbocycles. The third kappa shape index (κ3) is 3.55. The number of nitrogens with zero attached hydrogens (tertiary/aromatic N) is 2. The molecule has 0 bridgehead atoms. The van der Waals surface area contributed by atoms with Crippen LogP contribution in [0.3, 0.4) is 0 Å². The van der Waals surface area contributed by atoms with Crippen LogP contribution in [0.5, 0.6) is 0 Å². The maximum atomic E-state index is 11.5. The molecule has 0 radical (unpaired) electrons. The van der Waals surface area contributed by atoms with Gasteiger partial charge in [-0.2, -0.15) is 0 Å². The predicted molar refractivity (Wildman–Crippen MR) is 84.5 cm³/mol. The van der Waals surface area contributed by atoms with Gasteiger partial charge in [-0.15, -0.1) is 0 Å². The van der Waals surface area contributed by atoms with Crippen molar-refractivity contribution < 1.29 is 4.79 Å². The lowest BCUT2D eigenvalue weighted by molar-refractivity contribution is -0.128. The predicted octanol–water partition coefficient (Wildman–Crippen LogP) is 2.57. The molecular formula is C15H18BrN3O. The molecule has 4 nitrogen and oxygen atoms in total. The molecule has 1 heterocycles. The van der Waals surface area contributed by atoms with E-state index in [2.05, 4.69) is 32.3 Å². The molecule has 0 atom stereocenters. The van der Waals surface area contributed by atoms with Crippen molar-refractivity contribution in [2.24, 2.45) is 0 Å². The molecule has 2 aromatic rings. The largest absolute Gasteiger partial charge is 0.349 e. The topological polar surface area (TPSA) is 45.2 Å². The monoisotopic (exact) mass is 335 g/mol. The molecule has 0 spiro atoms. The van der Waals surface area contributed by atoms with E-state index in [1.54, 1.807) is 25.2 Å². The van der Waals surface area contributed by atoms with Crippen LogP contribution in [-0.2, 0) is 11.3 Å². The van der Waals surface area contributed by atoms with Gasteiger partial charge in [0.2, 0.25) is 5.91 Å². The van der Waals surface area contributed by atoms with Gasteiger partial charge in [0.1, 0.15) is 0 Å². The first kappa shape index (κ1) is 14.9. The Morgan fingerprint density at radius 1 is 1.35 bits per heavy atom. The van der Waals surface area contributed by atoms with E-state index in [4.69, 9.17) is 0 Å². The lowest BCUT2D eigenvalue weighted by Gasteiger charge is -2.11. The number of amides is 1.